The lowest BCUT2D eigenvalue weighted by Gasteiger charge is -2.66. The van der Waals surface area contributed by atoms with Crippen LogP contribution >= 0.6 is 0 Å². The standard InChI is InChI=1S/C28H43F2NO4/c1-6-18-24(34)23-20-8-7-19(16(2)11-14-31-15-32)26(20,4)12-9-21(23)27(5)13-10-22(35-17(3)33)28(29,30)25(18)27/h16,18-25,34H,6-14H2,1-5H3/t16-,18+,19?,20?,21?,22-,23?,24?,25+,26-,27-/m1/s1. The summed E-state index contributed by atoms with van der Waals surface area (Å²) in [6, 6.07) is 0. The number of hydrogen-bond donors (Lipinski definition) is 1. The highest BCUT2D eigenvalue weighted by atomic mass is 19.3. The summed E-state index contributed by atoms with van der Waals surface area (Å²) in [6.45, 7) is 10.2. The molecular formula is C28H43F2NO4. The third kappa shape index (κ3) is 4.09. The van der Waals surface area contributed by atoms with Crippen LogP contribution in [-0.2, 0) is 14.3 Å². The molecule has 0 aromatic rings. The van der Waals surface area contributed by atoms with Gasteiger partial charge in [0.05, 0.1) is 12.6 Å². The van der Waals surface area contributed by atoms with Crippen LogP contribution < -0.4 is 0 Å². The van der Waals surface area contributed by atoms with Gasteiger partial charge in [-0.1, -0.05) is 34.1 Å². The van der Waals surface area contributed by atoms with Crippen molar-refractivity contribution in [2.24, 2.45) is 57.2 Å². The number of carbonyl (C=O) groups excluding carboxylic acids is 2. The number of hydrogen-bond acceptors (Lipinski definition) is 5. The monoisotopic (exact) mass is 495 g/mol. The lowest BCUT2D eigenvalue weighted by molar-refractivity contribution is -0.289. The molecule has 4 rings (SSSR count). The van der Waals surface area contributed by atoms with Gasteiger partial charge >= 0.3 is 5.97 Å². The maximum atomic E-state index is 16.0. The summed E-state index contributed by atoms with van der Waals surface area (Å²) in [5.41, 5.74) is -0.528. The number of halogens is 2. The van der Waals surface area contributed by atoms with Crippen molar-refractivity contribution in [2.75, 3.05) is 6.54 Å². The molecule has 0 heterocycles. The lowest BCUT2D eigenvalue weighted by Crippen LogP contribution is -2.68. The van der Waals surface area contributed by atoms with Crippen LogP contribution in [0.5, 0.6) is 0 Å². The molecule has 198 valence electrons. The molecule has 5 nitrogen and oxygen atoms in total. The normalized spacial score (nSPS) is 47.0. The quantitative estimate of drug-likeness (QED) is 0.287. The van der Waals surface area contributed by atoms with Gasteiger partial charge in [0, 0.05) is 12.8 Å². The second-order valence-electron chi connectivity index (χ2n) is 12.6. The molecule has 4 fully saturated rings. The number of carbonyl (C=O) groups is 1. The number of rotatable bonds is 6. The number of esters is 1. The summed E-state index contributed by atoms with van der Waals surface area (Å²) in [4.78, 5) is 25.9. The molecule has 0 spiro atoms. The van der Waals surface area contributed by atoms with Crippen molar-refractivity contribution >= 4 is 12.0 Å². The number of alkyl halides is 2. The Labute approximate surface area is 208 Å². The number of isocyanates is 1. The van der Waals surface area contributed by atoms with E-state index in [1.807, 2.05) is 13.8 Å². The van der Waals surface area contributed by atoms with Crippen LogP contribution in [0.1, 0.15) is 86.0 Å². The molecule has 0 amide bonds. The van der Waals surface area contributed by atoms with E-state index in [4.69, 9.17) is 4.74 Å². The number of aliphatic hydroxyl groups is 1. The Kier molecular flexibility index (Phi) is 7.27. The van der Waals surface area contributed by atoms with Crippen LogP contribution in [0.4, 0.5) is 8.78 Å². The van der Waals surface area contributed by atoms with Crippen LogP contribution in [0.2, 0.25) is 0 Å². The second kappa shape index (κ2) is 9.52. The zero-order valence-corrected chi connectivity index (χ0v) is 21.9. The molecule has 0 saturated heterocycles. The summed E-state index contributed by atoms with van der Waals surface area (Å²) in [7, 11) is 0. The van der Waals surface area contributed by atoms with Crippen LogP contribution in [0.3, 0.4) is 0 Å². The van der Waals surface area contributed by atoms with Crippen molar-refractivity contribution in [2.45, 2.75) is 104 Å². The van der Waals surface area contributed by atoms with Crippen LogP contribution in [-0.4, -0.2) is 41.8 Å². The molecule has 0 aliphatic heterocycles. The van der Waals surface area contributed by atoms with Gasteiger partial charge in [-0.25, -0.2) is 18.6 Å². The molecule has 35 heavy (non-hydrogen) atoms. The Morgan fingerprint density at radius 1 is 1.14 bits per heavy atom. The Hall–Kier alpha value is -1.33. The van der Waals surface area contributed by atoms with Gasteiger partial charge in [-0.3, -0.25) is 4.79 Å². The van der Waals surface area contributed by atoms with Gasteiger partial charge in [0.2, 0.25) is 6.08 Å². The SMILES string of the molecule is CC[C@H]1C(O)C2C3CCC([C@H](C)CCN=C=O)[C@@]3(C)CCC2[C@@]2(C)CC[C@@H](OC(C)=O)C(F)(F)[C@@H]12. The van der Waals surface area contributed by atoms with Gasteiger partial charge in [-0.15, -0.1) is 0 Å². The topological polar surface area (TPSA) is 76.0 Å². The number of nitrogens with zero attached hydrogens (tertiary/aromatic N) is 1. The van der Waals surface area contributed by atoms with Gasteiger partial charge in [-0.2, -0.15) is 0 Å². The van der Waals surface area contributed by atoms with Gasteiger partial charge < -0.3 is 9.84 Å². The fourth-order valence-electron chi connectivity index (χ4n) is 9.85. The number of fused-ring (bicyclic) bond motifs is 5. The smallest absolute Gasteiger partial charge is 0.303 e. The molecule has 0 aromatic heterocycles. The van der Waals surface area contributed by atoms with Crippen molar-refractivity contribution in [3.63, 3.8) is 0 Å². The minimum absolute atomic E-state index is 0.0196. The van der Waals surface area contributed by atoms with Gasteiger partial charge in [0.25, 0.3) is 5.92 Å². The fraction of sp³-hybridized carbons (Fsp3) is 0.929. The lowest BCUT2D eigenvalue weighted by atomic mass is 9.40. The van der Waals surface area contributed by atoms with E-state index >= 15 is 8.78 Å². The molecule has 4 aliphatic rings. The van der Waals surface area contributed by atoms with E-state index in [-0.39, 0.29) is 23.7 Å². The van der Waals surface area contributed by atoms with Gasteiger partial charge in [0.15, 0.2) is 6.10 Å². The minimum atomic E-state index is -3.15. The van der Waals surface area contributed by atoms with Gasteiger partial charge in [-0.05, 0) is 91.3 Å². The summed E-state index contributed by atoms with van der Waals surface area (Å²) < 4.78 is 37.2. The van der Waals surface area contributed by atoms with Crippen molar-refractivity contribution in [3.05, 3.63) is 0 Å². The Morgan fingerprint density at radius 2 is 1.80 bits per heavy atom. The Morgan fingerprint density at radius 3 is 2.43 bits per heavy atom. The highest BCUT2D eigenvalue weighted by Gasteiger charge is 2.71. The maximum Gasteiger partial charge on any atom is 0.303 e. The number of ether oxygens (including phenoxy) is 1. The van der Waals surface area contributed by atoms with Crippen LogP contribution in [0, 0.1) is 52.3 Å². The molecule has 5 unspecified atom stereocenters. The largest absolute Gasteiger partial charge is 0.456 e. The molecule has 4 saturated carbocycles. The molecule has 11 atom stereocenters. The average molecular weight is 496 g/mol. The van der Waals surface area contributed by atoms with Crippen molar-refractivity contribution in [1.29, 1.82) is 0 Å². The molecule has 4 aliphatic carbocycles. The van der Waals surface area contributed by atoms with E-state index < -0.39 is 41.4 Å². The highest BCUT2D eigenvalue weighted by molar-refractivity contribution is 5.66. The molecule has 0 radical (unpaired) electrons. The van der Waals surface area contributed by atoms with Crippen LogP contribution in [0.15, 0.2) is 4.99 Å². The van der Waals surface area contributed by atoms with Crippen molar-refractivity contribution < 1.29 is 28.2 Å². The first-order valence-electron chi connectivity index (χ1n) is 13.7. The van der Waals surface area contributed by atoms with E-state index in [0.717, 1.165) is 32.1 Å². The van der Waals surface area contributed by atoms with Crippen molar-refractivity contribution in [1.82, 2.24) is 0 Å². The predicted octanol–water partition coefficient (Wildman–Crippen LogP) is 5.79. The summed E-state index contributed by atoms with van der Waals surface area (Å²) in [6.07, 6.45) is 5.49. The molecule has 0 bridgehead atoms. The van der Waals surface area contributed by atoms with E-state index in [2.05, 4.69) is 18.8 Å². The first-order chi connectivity index (χ1) is 16.4. The summed E-state index contributed by atoms with van der Waals surface area (Å²) in [5.74, 6) is -4.07. The second-order valence-corrected chi connectivity index (χ2v) is 12.6. The maximum absolute atomic E-state index is 16.0. The zero-order valence-electron chi connectivity index (χ0n) is 21.9. The average Bonchev–Trinajstić information content (AvgIpc) is 3.14. The van der Waals surface area contributed by atoms with E-state index in [9.17, 15) is 14.7 Å². The van der Waals surface area contributed by atoms with Crippen LogP contribution in [0.25, 0.3) is 0 Å². The zero-order chi connectivity index (χ0) is 25.8. The summed E-state index contributed by atoms with van der Waals surface area (Å²) in [5, 5.41) is 11.8. The van der Waals surface area contributed by atoms with Crippen molar-refractivity contribution in [3.8, 4) is 0 Å². The number of aliphatic imine (C=N–C) groups is 1. The fourth-order valence-corrected chi connectivity index (χ4v) is 9.85. The van der Waals surface area contributed by atoms with Gasteiger partial charge in [0.1, 0.15) is 0 Å². The Balaban J connectivity index is 1.66. The van der Waals surface area contributed by atoms with E-state index in [1.165, 1.54) is 6.92 Å². The first kappa shape index (κ1) is 26.7. The third-order valence-electron chi connectivity index (χ3n) is 11.2. The number of aliphatic hydroxyl groups excluding tert-OH is 1. The molecule has 1 N–H and O–H groups in total. The van der Waals surface area contributed by atoms with E-state index in [1.54, 1.807) is 6.08 Å². The minimum Gasteiger partial charge on any atom is -0.456 e. The highest BCUT2D eigenvalue weighted by Crippen LogP contribution is 2.71. The summed E-state index contributed by atoms with van der Waals surface area (Å²) >= 11 is 0. The van der Waals surface area contributed by atoms with E-state index in [0.29, 0.717) is 37.1 Å². The molecule has 7 heteroatoms. The molecule has 0 aromatic carbocycles. The predicted molar refractivity (Wildman–Crippen MR) is 128 cm³/mol. The molecular weight excluding hydrogens is 452 g/mol. The third-order valence-corrected chi connectivity index (χ3v) is 11.2. The first-order valence-corrected chi connectivity index (χ1v) is 13.7. The Bertz CT molecular complexity index is 860.